The Morgan fingerprint density at radius 1 is 1.27 bits per heavy atom. The number of carbonyl (C=O) groups excluding carboxylic acids is 2. The molecule has 0 saturated carbocycles. The topological polar surface area (TPSA) is 116 Å². The van der Waals surface area contributed by atoms with Crippen LogP contribution in [0.5, 0.6) is 0 Å². The van der Waals surface area contributed by atoms with Crippen LogP contribution < -0.4 is 11.1 Å². The molecule has 2 amide bonds. The molecule has 3 N–H and O–H groups in total. The Hall–Kier alpha value is -3.07. The molecule has 158 valence electrons. The number of benzene rings is 1. The highest BCUT2D eigenvalue weighted by Crippen LogP contribution is 2.26. The Bertz CT molecular complexity index is 1030. The predicted octanol–water partition coefficient (Wildman–Crippen LogP) is 3.07. The van der Waals surface area contributed by atoms with Crippen molar-refractivity contribution in [2.24, 2.45) is 5.73 Å². The van der Waals surface area contributed by atoms with E-state index in [0.717, 1.165) is 22.6 Å². The lowest BCUT2D eigenvalue weighted by Gasteiger charge is -2.14. The number of primary amides is 1. The van der Waals surface area contributed by atoms with Gasteiger partial charge in [0.1, 0.15) is 11.6 Å². The molecule has 0 fully saturated rings. The average Bonchev–Trinajstić information content (AvgIpc) is 3.34. The molecule has 0 spiro atoms. The maximum Gasteiger partial charge on any atom is 0.237 e. The van der Waals surface area contributed by atoms with Gasteiger partial charge in [0.25, 0.3) is 0 Å². The van der Waals surface area contributed by atoms with Crippen molar-refractivity contribution in [2.45, 2.75) is 50.6 Å². The summed E-state index contributed by atoms with van der Waals surface area (Å²) in [5.41, 5.74) is 8.15. The number of thioether (sulfide) groups is 1. The van der Waals surface area contributed by atoms with Crippen LogP contribution in [0.15, 0.2) is 46.2 Å². The summed E-state index contributed by atoms with van der Waals surface area (Å²) in [4.78, 5) is 23.9. The zero-order chi connectivity index (χ0) is 21.7. The van der Waals surface area contributed by atoms with Gasteiger partial charge in [0.15, 0.2) is 5.16 Å². The molecule has 1 unspecified atom stereocenters. The lowest BCUT2D eigenvalue weighted by Crippen LogP contribution is -2.23. The van der Waals surface area contributed by atoms with Crippen LogP contribution in [-0.2, 0) is 22.6 Å². The second-order valence-corrected chi connectivity index (χ2v) is 8.41. The van der Waals surface area contributed by atoms with Gasteiger partial charge in [-0.1, -0.05) is 23.9 Å². The Morgan fingerprint density at radius 3 is 2.77 bits per heavy atom. The first-order chi connectivity index (χ1) is 14.3. The second-order valence-electron chi connectivity index (χ2n) is 7.10. The number of rotatable bonds is 9. The Kier molecular flexibility index (Phi) is 6.94. The lowest BCUT2D eigenvalue weighted by molar-refractivity contribution is -0.118. The van der Waals surface area contributed by atoms with Gasteiger partial charge in [-0.25, -0.2) is 0 Å². The number of nitrogens with zero attached hydrogens (tertiary/aromatic N) is 3. The van der Waals surface area contributed by atoms with Crippen LogP contribution in [0.2, 0.25) is 0 Å². The molecule has 0 aliphatic rings. The fourth-order valence-electron chi connectivity index (χ4n) is 2.86. The number of amides is 2. The van der Waals surface area contributed by atoms with E-state index >= 15 is 0 Å². The highest BCUT2D eigenvalue weighted by Gasteiger charge is 2.21. The Balaban J connectivity index is 1.76. The van der Waals surface area contributed by atoms with Crippen molar-refractivity contribution in [3.8, 4) is 0 Å². The van der Waals surface area contributed by atoms with Crippen molar-refractivity contribution in [1.29, 1.82) is 0 Å². The molecular weight excluding hydrogens is 402 g/mol. The van der Waals surface area contributed by atoms with Gasteiger partial charge in [-0.05, 0) is 50.1 Å². The summed E-state index contributed by atoms with van der Waals surface area (Å²) in [5.74, 6) is 0.817. The summed E-state index contributed by atoms with van der Waals surface area (Å²) in [7, 11) is 0. The van der Waals surface area contributed by atoms with Crippen LogP contribution in [0.1, 0.15) is 36.1 Å². The normalized spacial score (nSPS) is 12.0. The van der Waals surface area contributed by atoms with E-state index in [1.165, 1.54) is 11.8 Å². The second kappa shape index (κ2) is 9.62. The van der Waals surface area contributed by atoms with Crippen molar-refractivity contribution < 1.29 is 14.0 Å². The maximum atomic E-state index is 12.8. The van der Waals surface area contributed by atoms with Crippen molar-refractivity contribution in [3.63, 3.8) is 0 Å². The smallest absolute Gasteiger partial charge is 0.237 e. The van der Waals surface area contributed by atoms with E-state index in [1.54, 1.807) is 12.3 Å². The molecule has 8 nitrogen and oxygen atoms in total. The molecule has 1 aromatic carbocycles. The number of nitrogens with two attached hydrogens (primary N) is 1. The summed E-state index contributed by atoms with van der Waals surface area (Å²) >= 11 is 1.30. The summed E-state index contributed by atoms with van der Waals surface area (Å²) in [6.45, 7) is 6.16. The lowest BCUT2D eigenvalue weighted by atomic mass is 10.1. The molecule has 2 aromatic heterocycles. The fourth-order valence-corrected chi connectivity index (χ4v) is 3.73. The van der Waals surface area contributed by atoms with E-state index in [0.29, 0.717) is 23.9 Å². The van der Waals surface area contributed by atoms with E-state index < -0.39 is 11.2 Å². The van der Waals surface area contributed by atoms with Gasteiger partial charge >= 0.3 is 0 Å². The molecular formula is C21H25N5O3S. The summed E-state index contributed by atoms with van der Waals surface area (Å²) in [6, 6.07) is 9.59. The number of aryl methyl sites for hydroxylation is 3. The fraction of sp³-hybridized carbons (Fsp3) is 0.333. The molecule has 0 radical (unpaired) electrons. The zero-order valence-corrected chi connectivity index (χ0v) is 18.0. The molecule has 9 heteroatoms. The van der Waals surface area contributed by atoms with E-state index in [4.69, 9.17) is 10.2 Å². The first kappa shape index (κ1) is 21.6. The monoisotopic (exact) mass is 427 g/mol. The van der Waals surface area contributed by atoms with E-state index in [-0.39, 0.29) is 12.3 Å². The number of aromatic nitrogens is 3. The van der Waals surface area contributed by atoms with Crippen LogP contribution in [0, 0.1) is 13.8 Å². The molecule has 3 rings (SSSR count). The number of anilines is 1. The van der Waals surface area contributed by atoms with Gasteiger partial charge < -0.3 is 15.5 Å². The van der Waals surface area contributed by atoms with Crippen LogP contribution in [-0.4, -0.2) is 31.8 Å². The number of hydrogen-bond donors (Lipinski definition) is 2. The van der Waals surface area contributed by atoms with Gasteiger partial charge in [-0.2, -0.15) is 0 Å². The number of hydrogen-bond acceptors (Lipinski definition) is 6. The highest BCUT2D eigenvalue weighted by atomic mass is 32.2. The molecule has 2 heterocycles. The van der Waals surface area contributed by atoms with Crippen molar-refractivity contribution >= 4 is 29.3 Å². The van der Waals surface area contributed by atoms with Crippen molar-refractivity contribution in [1.82, 2.24) is 14.8 Å². The van der Waals surface area contributed by atoms with Gasteiger partial charge in [-0.15, -0.1) is 10.2 Å². The van der Waals surface area contributed by atoms with Crippen LogP contribution in [0.3, 0.4) is 0 Å². The van der Waals surface area contributed by atoms with Crippen molar-refractivity contribution in [3.05, 3.63) is 59.3 Å². The standard InChI is InChI=1S/C21H25N5O3S/c1-13-6-7-14(2)17(11-13)23-20(28)15(3)30-21-25-24-19(9-8-18(22)27)26(21)12-16-5-4-10-29-16/h4-7,10-11,15H,8-9,12H2,1-3H3,(H2,22,27)(H,23,28). The molecule has 0 aliphatic heterocycles. The Morgan fingerprint density at radius 2 is 2.07 bits per heavy atom. The third-order valence-corrected chi connectivity index (χ3v) is 5.67. The summed E-state index contributed by atoms with van der Waals surface area (Å²) in [6.07, 6.45) is 2.13. The van der Waals surface area contributed by atoms with Gasteiger partial charge in [0.05, 0.1) is 18.1 Å². The first-order valence-electron chi connectivity index (χ1n) is 9.61. The minimum Gasteiger partial charge on any atom is -0.467 e. The summed E-state index contributed by atoms with van der Waals surface area (Å²) < 4.78 is 7.30. The van der Waals surface area contributed by atoms with Gasteiger partial charge in [-0.3, -0.25) is 14.2 Å². The molecule has 0 aliphatic carbocycles. The van der Waals surface area contributed by atoms with E-state index in [9.17, 15) is 9.59 Å². The molecule has 1 atom stereocenters. The van der Waals surface area contributed by atoms with Crippen LogP contribution in [0.25, 0.3) is 0 Å². The van der Waals surface area contributed by atoms with E-state index in [1.807, 2.05) is 49.6 Å². The third kappa shape index (κ3) is 5.50. The highest BCUT2D eigenvalue weighted by molar-refractivity contribution is 8.00. The number of carbonyl (C=O) groups is 2. The van der Waals surface area contributed by atoms with Crippen molar-refractivity contribution in [2.75, 3.05) is 5.32 Å². The Labute approximate surface area is 179 Å². The van der Waals surface area contributed by atoms with Crippen LogP contribution >= 0.6 is 11.8 Å². The average molecular weight is 428 g/mol. The largest absolute Gasteiger partial charge is 0.467 e. The summed E-state index contributed by atoms with van der Waals surface area (Å²) in [5, 5.41) is 11.6. The number of furan rings is 1. The third-order valence-electron chi connectivity index (χ3n) is 4.58. The number of nitrogens with one attached hydrogen (secondary N) is 1. The quantitative estimate of drug-likeness (QED) is 0.507. The minimum absolute atomic E-state index is 0.125. The van der Waals surface area contributed by atoms with Gasteiger partial charge in [0.2, 0.25) is 11.8 Å². The molecule has 30 heavy (non-hydrogen) atoms. The van der Waals surface area contributed by atoms with E-state index in [2.05, 4.69) is 15.5 Å². The SMILES string of the molecule is Cc1ccc(C)c(NC(=O)C(C)Sc2nnc(CCC(N)=O)n2Cc2ccco2)c1. The zero-order valence-electron chi connectivity index (χ0n) is 17.2. The molecule has 0 saturated heterocycles. The first-order valence-corrected chi connectivity index (χ1v) is 10.5. The van der Waals surface area contributed by atoms with Gasteiger partial charge in [0, 0.05) is 18.5 Å². The minimum atomic E-state index is -0.409. The predicted molar refractivity (Wildman–Crippen MR) is 115 cm³/mol. The maximum absolute atomic E-state index is 12.8. The molecule has 3 aromatic rings. The van der Waals surface area contributed by atoms with Crippen LogP contribution in [0.4, 0.5) is 5.69 Å². The molecule has 0 bridgehead atoms.